The molecule has 27 heavy (non-hydrogen) atoms. The molecule has 0 bridgehead atoms. The molecular weight excluding hydrogens is 360 g/mol. The van der Waals surface area contributed by atoms with Crippen molar-refractivity contribution in [2.45, 2.75) is 33.2 Å². The highest BCUT2D eigenvalue weighted by atomic mass is 32.1. The number of esters is 1. The standard InChI is InChI=1S/C21H22N2O3S/c1-3-26-20(25)14-23-17-11-9-15(2)13-18(17)27-21(23)22-19(24)12-10-16-7-5-4-6-8-16/h4-9,11,13H,3,10,12,14H2,1-2H3. The molecule has 6 heteroatoms. The van der Waals surface area contributed by atoms with E-state index in [-0.39, 0.29) is 18.4 Å². The van der Waals surface area contributed by atoms with Gasteiger partial charge in [0.1, 0.15) is 6.54 Å². The highest BCUT2D eigenvalue weighted by Gasteiger charge is 2.12. The molecule has 1 heterocycles. The SMILES string of the molecule is CCOC(=O)Cn1c(=NC(=O)CCc2ccccc2)sc2cc(C)ccc21. The molecule has 0 saturated heterocycles. The van der Waals surface area contributed by atoms with Crippen molar-refractivity contribution in [3.8, 4) is 0 Å². The van der Waals surface area contributed by atoms with Gasteiger partial charge >= 0.3 is 5.97 Å². The Bertz CT molecular complexity index is 1020. The summed E-state index contributed by atoms with van der Waals surface area (Å²) in [5.41, 5.74) is 3.11. The molecule has 3 rings (SSSR count). The van der Waals surface area contributed by atoms with Crippen LogP contribution < -0.4 is 4.80 Å². The molecule has 5 nitrogen and oxygen atoms in total. The second-order valence-corrected chi connectivity index (χ2v) is 7.25. The highest BCUT2D eigenvalue weighted by Crippen LogP contribution is 2.19. The summed E-state index contributed by atoms with van der Waals surface area (Å²) in [6.45, 7) is 4.15. The minimum atomic E-state index is -0.337. The third-order valence-corrected chi connectivity index (χ3v) is 5.16. The van der Waals surface area contributed by atoms with E-state index in [0.717, 1.165) is 21.3 Å². The van der Waals surface area contributed by atoms with Crippen LogP contribution in [0.25, 0.3) is 10.2 Å². The molecule has 0 saturated carbocycles. The Balaban J connectivity index is 1.90. The molecule has 0 atom stereocenters. The van der Waals surface area contributed by atoms with E-state index in [0.29, 0.717) is 24.2 Å². The van der Waals surface area contributed by atoms with Crippen molar-refractivity contribution < 1.29 is 14.3 Å². The topological polar surface area (TPSA) is 60.7 Å². The third kappa shape index (κ3) is 4.92. The number of hydrogen-bond acceptors (Lipinski definition) is 4. The minimum Gasteiger partial charge on any atom is -0.465 e. The Morgan fingerprint density at radius 3 is 2.67 bits per heavy atom. The molecule has 0 N–H and O–H groups in total. The lowest BCUT2D eigenvalue weighted by Crippen LogP contribution is -2.23. The Morgan fingerprint density at radius 2 is 1.93 bits per heavy atom. The van der Waals surface area contributed by atoms with Crippen LogP contribution in [0.5, 0.6) is 0 Å². The van der Waals surface area contributed by atoms with Crippen LogP contribution in [0.3, 0.4) is 0 Å². The maximum Gasteiger partial charge on any atom is 0.326 e. The first-order valence-corrected chi connectivity index (χ1v) is 9.75. The molecule has 0 aliphatic rings. The van der Waals surface area contributed by atoms with E-state index < -0.39 is 0 Å². The smallest absolute Gasteiger partial charge is 0.326 e. The number of carbonyl (C=O) groups is 2. The highest BCUT2D eigenvalue weighted by molar-refractivity contribution is 7.16. The quantitative estimate of drug-likeness (QED) is 0.612. The predicted molar refractivity (Wildman–Crippen MR) is 107 cm³/mol. The van der Waals surface area contributed by atoms with Gasteiger partial charge in [-0.1, -0.05) is 47.7 Å². The van der Waals surface area contributed by atoms with E-state index in [2.05, 4.69) is 4.99 Å². The molecule has 1 aromatic heterocycles. The van der Waals surface area contributed by atoms with Gasteiger partial charge in [0.05, 0.1) is 16.8 Å². The van der Waals surface area contributed by atoms with E-state index in [4.69, 9.17) is 4.74 Å². The number of aromatic nitrogens is 1. The molecule has 2 aromatic carbocycles. The lowest BCUT2D eigenvalue weighted by Gasteiger charge is -2.05. The normalized spacial score (nSPS) is 11.7. The average Bonchev–Trinajstić information content (AvgIpc) is 2.97. The van der Waals surface area contributed by atoms with Crippen molar-refractivity contribution in [2.24, 2.45) is 4.99 Å². The van der Waals surface area contributed by atoms with Crippen LogP contribution in [0, 0.1) is 6.92 Å². The second kappa shape index (κ2) is 8.77. The van der Waals surface area contributed by atoms with Gasteiger partial charge in [-0.3, -0.25) is 9.59 Å². The first-order valence-electron chi connectivity index (χ1n) is 8.94. The van der Waals surface area contributed by atoms with Crippen molar-refractivity contribution in [1.29, 1.82) is 0 Å². The average molecular weight is 382 g/mol. The molecule has 140 valence electrons. The molecule has 0 spiro atoms. The van der Waals surface area contributed by atoms with Crippen LogP contribution in [0.4, 0.5) is 0 Å². The molecule has 0 aliphatic carbocycles. The summed E-state index contributed by atoms with van der Waals surface area (Å²) in [6.07, 6.45) is 0.974. The van der Waals surface area contributed by atoms with Gasteiger partial charge in [-0.05, 0) is 43.5 Å². The number of ether oxygens (including phenoxy) is 1. The maximum absolute atomic E-state index is 12.4. The number of fused-ring (bicyclic) bond motifs is 1. The van der Waals surface area contributed by atoms with Gasteiger partial charge in [0.25, 0.3) is 0 Å². The van der Waals surface area contributed by atoms with Crippen molar-refractivity contribution in [1.82, 2.24) is 4.57 Å². The van der Waals surface area contributed by atoms with Gasteiger partial charge in [0.15, 0.2) is 4.80 Å². The zero-order valence-electron chi connectivity index (χ0n) is 15.5. The fraction of sp³-hybridized carbons (Fsp3) is 0.286. The summed E-state index contributed by atoms with van der Waals surface area (Å²) >= 11 is 1.42. The van der Waals surface area contributed by atoms with E-state index in [1.54, 1.807) is 11.5 Å². The molecule has 0 aliphatic heterocycles. The van der Waals surface area contributed by atoms with Gasteiger partial charge < -0.3 is 9.30 Å². The fourth-order valence-corrected chi connectivity index (χ4v) is 3.96. The number of nitrogens with zero attached hydrogens (tertiary/aromatic N) is 2. The largest absolute Gasteiger partial charge is 0.465 e. The lowest BCUT2D eigenvalue weighted by molar-refractivity contribution is -0.143. The zero-order chi connectivity index (χ0) is 19.2. The summed E-state index contributed by atoms with van der Waals surface area (Å²) in [6, 6.07) is 15.8. The van der Waals surface area contributed by atoms with Crippen LogP contribution in [0.2, 0.25) is 0 Å². The van der Waals surface area contributed by atoms with Crippen molar-refractivity contribution in [3.05, 3.63) is 64.5 Å². The minimum absolute atomic E-state index is 0.0434. The van der Waals surface area contributed by atoms with Crippen LogP contribution >= 0.6 is 11.3 Å². The van der Waals surface area contributed by atoms with Crippen LogP contribution in [-0.2, 0) is 27.3 Å². The fourth-order valence-electron chi connectivity index (χ4n) is 2.81. The third-order valence-electron chi connectivity index (χ3n) is 4.12. The molecule has 0 fully saturated rings. The summed E-state index contributed by atoms with van der Waals surface area (Å²) in [5, 5.41) is 0. The predicted octanol–water partition coefficient (Wildman–Crippen LogP) is 3.63. The van der Waals surface area contributed by atoms with Gasteiger partial charge in [-0.2, -0.15) is 4.99 Å². The summed E-state index contributed by atoms with van der Waals surface area (Å²) < 4.78 is 7.83. The second-order valence-electron chi connectivity index (χ2n) is 6.24. The van der Waals surface area contributed by atoms with Gasteiger partial charge in [0, 0.05) is 6.42 Å². The van der Waals surface area contributed by atoms with Crippen LogP contribution in [0.15, 0.2) is 53.5 Å². The number of amides is 1. The molecule has 0 unspecified atom stereocenters. The van der Waals surface area contributed by atoms with Crippen molar-refractivity contribution >= 4 is 33.4 Å². The number of carbonyl (C=O) groups excluding carboxylic acids is 2. The van der Waals surface area contributed by atoms with Crippen molar-refractivity contribution in [2.75, 3.05) is 6.61 Å². The maximum atomic E-state index is 12.4. The van der Waals surface area contributed by atoms with Crippen molar-refractivity contribution in [3.63, 3.8) is 0 Å². The molecule has 1 amide bonds. The van der Waals surface area contributed by atoms with Gasteiger partial charge in [0.2, 0.25) is 5.91 Å². The van der Waals surface area contributed by atoms with E-state index >= 15 is 0 Å². The Labute approximate surface area is 161 Å². The van der Waals surface area contributed by atoms with Gasteiger partial charge in [-0.25, -0.2) is 0 Å². The first kappa shape index (κ1) is 19.0. The van der Waals surface area contributed by atoms with E-state index in [1.807, 2.05) is 55.5 Å². The Morgan fingerprint density at radius 1 is 1.15 bits per heavy atom. The van der Waals surface area contributed by atoms with E-state index in [1.165, 1.54) is 11.3 Å². The summed E-state index contributed by atoms with van der Waals surface area (Å²) in [7, 11) is 0. The van der Waals surface area contributed by atoms with Gasteiger partial charge in [-0.15, -0.1) is 0 Å². The first-order chi connectivity index (χ1) is 13.1. The molecule has 0 radical (unpaired) electrons. The monoisotopic (exact) mass is 382 g/mol. The number of aryl methyl sites for hydroxylation is 2. The van der Waals surface area contributed by atoms with E-state index in [9.17, 15) is 9.59 Å². The number of thiazole rings is 1. The molecular formula is C21H22N2O3S. The lowest BCUT2D eigenvalue weighted by atomic mass is 10.1. The summed E-state index contributed by atoms with van der Waals surface area (Å²) in [5.74, 6) is -0.532. The Hall–Kier alpha value is -2.73. The number of rotatable bonds is 6. The number of benzene rings is 2. The van der Waals surface area contributed by atoms with Crippen LogP contribution in [-0.4, -0.2) is 23.1 Å². The zero-order valence-corrected chi connectivity index (χ0v) is 16.3. The van der Waals surface area contributed by atoms with Crippen LogP contribution in [0.1, 0.15) is 24.5 Å². The molecule has 3 aromatic rings. The number of hydrogen-bond donors (Lipinski definition) is 0. The summed E-state index contributed by atoms with van der Waals surface area (Å²) in [4.78, 5) is 29.2. The Kier molecular flexibility index (Phi) is 6.19.